The lowest BCUT2D eigenvalue weighted by Gasteiger charge is -2.58. The van der Waals surface area contributed by atoms with Crippen LogP contribution in [0.1, 0.15) is 60.4 Å². The monoisotopic (exact) mass is 348 g/mol. The molecule has 0 spiro atoms. The maximum Gasteiger partial charge on any atom is 0.341 e. The summed E-state index contributed by atoms with van der Waals surface area (Å²) in [7, 11) is 1.31. The highest BCUT2D eigenvalue weighted by atomic mass is 16.5. The number of hydrogen-bond donors (Lipinski definition) is 1. The lowest BCUT2D eigenvalue weighted by molar-refractivity contribution is -0.197. The number of aryl methyl sites for hydroxylation is 1. The van der Waals surface area contributed by atoms with Gasteiger partial charge in [0.2, 0.25) is 0 Å². The van der Waals surface area contributed by atoms with Crippen LogP contribution in [0, 0.1) is 24.2 Å². The second kappa shape index (κ2) is 5.59. The molecule has 0 amide bonds. The van der Waals surface area contributed by atoms with E-state index in [0.29, 0.717) is 35.3 Å². The summed E-state index contributed by atoms with van der Waals surface area (Å²) in [6, 6.07) is 1.56. The van der Waals surface area contributed by atoms with Gasteiger partial charge in [-0.15, -0.1) is 0 Å². The number of hydrogen-bond acceptors (Lipinski definition) is 6. The summed E-state index contributed by atoms with van der Waals surface area (Å²) in [5.41, 5.74) is -0.897. The molecule has 1 aromatic heterocycles. The van der Waals surface area contributed by atoms with Crippen LogP contribution in [0.25, 0.3) is 0 Å². The molecule has 25 heavy (non-hydrogen) atoms. The molecule has 5 rings (SSSR count). The third-order valence-electron chi connectivity index (χ3n) is 6.18. The molecule has 6 heteroatoms. The summed E-state index contributed by atoms with van der Waals surface area (Å²) in [4.78, 5) is 24.5. The van der Waals surface area contributed by atoms with Gasteiger partial charge in [-0.2, -0.15) is 0 Å². The molecule has 2 unspecified atom stereocenters. The number of carbonyl (C=O) groups is 2. The van der Waals surface area contributed by atoms with E-state index in [-0.39, 0.29) is 12.6 Å². The van der Waals surface area contributed by atoms with Gasteiger partial charge in [0.25, 0.3) is 0 Å². The molecule has 1 aromatic rings. The molecular weight excluding hydrogens is 324 g/mol. The van der Waals surface area contributed by atoms with Crippen LogP contribution in [0.4, 0.5) is 0 Å². The van der Waals surface area contributed by atoms with Crippen LogP contribution in [0.3, 0.4) is 0 Å². The van der Waals surface area contributed by atoms with Gasteiger partial charge in [-0.3, -0.25) is 4.79 Å². The van der Waals surface area contributed by atoms with Crippen molar-refractivity contribution in [3.8, 4) is 0 Å². The third kappa shape index (κ3) is 2.76. The summed E-state index contributed by atoms with van der Waals surface area (Å²) >= 11 is 0. The van der Waals surface area contributed by atoms with E-state index in [1.54, 1.807) is 13.0 Å². The van der Waals surface area contributed by atoms with Crippen LogP contribution in [-0.4, -0.2) is 29.8 Å². The van der Waals surface area contributed by atoms with E-state index in [1.807, 2.05) is 0 Å². The molecule has 0 aromatic carbocycles. The van der Waals surface area contributed by atoms with Crippen molar-refractivity contribution in [1.82, 2.24) is 0 Å². The maximum absolute atomic E-state index is 12.8. The van der Waals surface area contributed by atoms with Crippen molar-refractivity contribution < 1.29 is 28.6 Å². The molecule has 0 radical (unpaired) electrons. The topological polar surface area (TPSA) is 86.0 Å². The molecule has 6 nitrogen and oxygen atoms in total. The molecule has 4 atom stereocenters. The summed E-state index contributed by atoms with van der Waals surface area (Å²) in [5.74, 6) is 1.01. The molecule has 0 saturated heterocycles. The van der Waals surface area contributed by atoms with Crippen molar-refractivity contribution in [2.75, 3.05) is 7.11 Å². The predicted octanol–water partition coefficient (Wildman–Crippen LogP) is 2.75. The number of carbonyl (C=O) groups excluding carboxylic acids is 2. The fraction of sp³-hybridized carbons (Fsp3) is 0.684. The Morgan fingerprint density at radius 3 is 2.56 bits per heavy atom. The Hall–Kier alpha value is -1.82. The third-order valence-corrected chi connectivity index (χ3v) is 6.18. The normalized spacial score (nSPS) is 35.6. The largest absolute Gasteiger partial charge is 0.465 e. The Morgan fingerprint density at radius 1 is 1.28 bits per heavy atom. The number of rotatable bonds is 4. The van der Waals surface area contributed by atoms with Crippen LogP contribution < -0.4 is 0 Å². The summed E-state index contributed by atoms with van der Waals surface area (Å²) in [6.07, 6.45) is 4.90. The molecule has 4 saturated carbocycles. The highest BCUT2D eigenvalue weighted by Crippen LogP contribution is 2.62. The number of esters is 2. The first-order chi connectivity index (χ1) is 11.8. The van der Waals surface area contributed by atoms with Crippen molar-refractivity contribution in [3.05, 3.63) is 23.2 Å². The zero-order valence-electron chi connectivity index (χ0n) is 14.7. The number of ether oxygens (including phenoxy) is 2. The van der Waals surface area contributed by atoms with E-state index < -0.39 is 17.0 Å². The van der Waals surface area contributed by atoms with Crippen molar-refractivity contribution in [2.24, 2.45) is 17.3 Å². The van der Waals surface area contributed by atoms with Crippen LogP contribution in [0.15, 0.2) is 10.5 Å². The molecule has 4 bridgehead atoms. The number of aliphatic hydroxyl groups is 1. The Labute approximate surface area is 146 Å². The van der Waals surface area contributed by atoms with Crippen LogP contribution in [-0.2, 0) is 20.9 Å². The standard InChI is InChI=1S/C19H24O6/c1-11-15(16(20)23-2)4-14(25-11)9-24-17(21)18-5-12-3-13(6-18)8-19(22,7-12)10-18/h4,12-13,22H,3,5-10H2,1-2H3/t12-,13+,18?,19?. The van der Waals surface area contributed by atoms with Gasteiger partial charge in [0.05, 0.1) is 18.1 Å². The smallest absolute Gasteiger partial charge is 0.341 e. The second-order valence-corrected chi connectivity index (χ2v) is 8.22. The zero-order chi connectivity index (χ0) is 17.8. The Balaban J connectivity index is 1.45. The summed E-state index contributed by atoms with van der Waals surface area (Å²) in [6.45, 7) is 1.67. The Bertz CT molecular complexity index is 703. The van der Waals surface area contributed by atoms with E-state index in [9.17, 15) is 14.7 Å². The Kier molecular flexibility index (Phi) is 3.72. The molecule has 136 valence electrons. The van der Waals surface area contributed by atoms with Gasteiger partial charge in [-0.05, 0) is 63.4 Å². The average molecular weight is 348 g/mol. The van der Waals surface area contributed by atoms with Crippen molar-refractivity contribution >= 4 is 11.9 Å². The summed E-state index contributed by atoms with van der Waals surface area (Å²) < 4.78 is 15.7. The van der Waals surface area contributed by atoms with E-state index in [0.717, 1.165) is 32.1 Å². The first-order valence-electron chi connectivity index (χ1n) is 8.90. The SMILES string of the molecule is COC(=O)c1cc(COC(=O)C23C[C@@H]4C[C@@H](CC(O)(C4)C2)C3)oc1C. The van der Waals surface area contributed by atoms with Gasteiger partial charge < -0.3 is 19.0 Å². The predicted molar refractivity (Wildman–Crippen MR) is 86.6 cm³/mol. The van der Waals surface area contributed by atoms with Gasteiger partial charge in [-0.25, -0.2) is 4.79 Å². The van der Waals surface area contributed by atoms with Gasteiger partial charge in [0, 0.05) is 0 Å². The first kappa shape index (κ1) is 16.6. The number of furan rings is 1. The Morgan fingerprint density at radius 2 is 1.96 bits per heavy atom. The van der Waals surface area contributed by atoms with E-state index in [4.69, 9.17) is 13.9 Å². The van der Waals surface area contributed by atoms with Crippen LogP contribution in [0.2, 0.25) is 0 Å². The molecule has 0 aliphatic heterocycles. The summed E-state index contributed by atoms with van der Waals surface area (Å²) in [5, 5.41) is 10.8. The quantitative estimate of drug-likeness (QED) is 0.842. The highest BCUT2D eigenvalue weighted by molar-refractivity contribution is 5.90. The minimum atomic E-state index is -0.692. The van der Waals surface area contributed by atoms with Gasteiger partial charge >= 0.3 is 11.9 Å². The van der Waals surface area contributed by atoms with E-state index >= 15 is 0 Å². The first-order valence-corrected chi connectivity index (χ1v) is 8.90. The second-order valence-electron chi connectivity index (χ2n) is 8.22. The molecule has 1 N–H and O–H groups in total. The fourth-order valence-electron chi connectivity index (χ4n) is 5.67. The van der Waals surface area contributed by atoms with Gasteiger partial charge in [0.15, 0.2) is 0 Å². The average Bonchev–Trinajstić information content (AvgIpc) is 2.90. The maximum atomic E-state index is 12.8. The van der Waals surface area contributed by atoms with Crippen LogP contribution in [0.5, 0.6) is 0 Å². The molecule has 4 aliphatic rings. The molecule has 1 heterocycles. The molecular formula is C19H24O6. The number of methoxy groups -OCH3 is 1. The minimum absolute atomic E-state index is 0.00776. The highest BCUT2D eigenvalue weighted by Gasteiger charge is 2.60. The lowest BCUT2D eigenvalue weighted by atomic mass is 9.48. The van der Waals surface area contributed by atoms with Crippen molar-refractivity contribution in [2.45, 2.75) is 57.7 Å². The van der Waals surface area contributed by atoms with Crippen molar-refractivity contribution in [1.29, 1.82) is 0 Å². The minimum Gasteiger partial charge on any atom is -0.465 e. The van der Waals surface area contributed by atoms with Gasteiger partial charge in [-0.1, -0.05) is 0 Å². The van der Waals surface area contributed by atoms with Gasteiger partial charge in [0.1, 0.15) is 23.7 Å². The zero-order valence-corrected chi connectivity index (χ0v) is 14.7. The van der Waals surface area contributed by atoms with Crippen molar-refractivity contribution in [3.63, 3.8) is 0 Å². The molecule has 4 fully saturated rings. The fourth-order valence-corrected chi connectivity index (χ4v) is 5.67. The van der Waals surface area contributed by atoms with E-state index in [2.05, 4.69) is 0 Å². The van der Waals surface area contributed by atoms with E-state index in [1.165, 1.54) is 7.11 Å². The lowest BCUT2D eigenvalue weighted by Crippen LogP contribution is -2.58. The molecule has 4 aliphatic carbocycles. The van der Waals surface area contributed by atoms with Crippen LogP contribution >= 0.6 is 0 Å².